The Bertz CT molecular complexity index is 221. The van der Waals surface area contributed by atoms with E-state index in [0.717, 1.165) is 6.54 Å². The molecule has 2 unspecified atom stereocenters. The zero-order chi connectivity index (χ0) is 9.68. The minimum absolute atomic E-state index is 0.495. The van der Waals surface area contributed by atoms with Crippen molar-refractivity contribution in [2.45, 2.75) is 25.1 Å². The van der Waals surface area contributed by atoms with Gasteiger partial charge in [-0.05, 0) is 24.6 Å². The summed E-state index contributed by atoms with van der Waals surface area (Å²) in [4.78, 5) is 1.42. The molecule has 1 nitrogen and oxygen atoms in total. The largest absolute Gasteiger partial charge is 0.308 e. The zero-order valence-electron chi connectivity index (χ0n) is 8.41. The van der Waals surface area contributed by atoms with Crippen LogP contribution >= 0.6 is 23.1 Å². The number of hydrogen-bond donors (Lipinski definition) is 1. The van der Waals surface area contributed by atoms with Crippen LogP contribution in [-0.4, -0.2) is 18.1 Å². The first-order chi connectivity index (χ1) is 6.24. The van der Waals surface area contributed by atoms with Crippen LogP contribution in [0.5, 0.6) is 0 Å². The fraction of sp³-hybridized carbons (Fsp3) is 0.600. The van der Waals surface area contributed by atoms with Crippen LogP contribution in [0, 0.1) is 0 Å². The monoisotopic (exact) mass is 215 g/mol. The Morgan fingerprint density at radius 1 is 1.54 bits per heavy atom. The van der Waals surface area contributed by atoms with Gasteiger partial charge < -0.3 is 5.32 Å². The van der Waals surface area contributed by atoms with Crippen molar-refractivity contribution in [3.8, 4) is 0 Å². The first-order valence-electron chi connectivity index (χ1n) is 4.53. The lowest BCUT2D eigenvalue weighted by atomic mass is 10.2. The topological polar surface area (TPSA) is 12.0 Å². The number of hydrogen-bond acceptors (Lipinski definition) is 3. The highest BCUT2D eigenvalue weighted by Crippen LogP contribution is 2.18. The Kier molecular flexibility index (Phi) is 4.84. The predicted molar refractivity (Wildman–Crippen MR) is 63.7 cm³/mol. The molecular weight excluding hydrogens is 198 g/mol. The molecule has 0 spiro atoms. The van der Waals surface area contributed by atoms with Crippen molar-refractivity contribution >= 4 is 23.1 Å². The minimum Gasteiger partial charge on any atom is -0.308 e. The fourth-order valence-corrected chi connectivity index (χ4v) is 2.09. The number of thiophene rings is 1. The molecule has 1 heterocycles. The summed E-state index contributed by atoms with van der Waals surface area (Å²) in [6.45, 7) is 5.55. The summed E-state index contributed by atoms with van der Waals surface area (Å²) >= 11 is 3.73. The molecule has 0 amide bonds. The molecule has 0 aliphatic rings. The van der Waals surface area contributed by atoms with Gasteiger partial charge in [0.05, 0.1) is 0 Å². The van der Waals surface area contributed by atoms with Gasteiger partial charge in [-0.3, -0.25) is 0 Å². The van der Waals surface area contributed by atoms with Gasteiger partial charge in [-0.2, -0.15) is 11.8 Å². The highest BCUT2D eigenvalue weighted by molar-refractivity contribution is 7.99. The molecule has 13 heavy (non-hydrogen) atoms. The van der Waals surface area contributed by atoms with E-state index in [1.54, 1.807) is 0 Å². The first-order valence-corrected chi connectivity index (χ1v) is 6.70. The molecule has 1 aromatic heterocycles. The minimum atomic E-state index is 0.495. The molecule has 0 saturated carbocycles. The molecule has 1 aromatic rings. The number of thioether (sulfide) groups is 1. The van der Waals surface area contributed by atoms with Crippen LogP contribution in [-0.2, 0) is 0 Å². The quantitative estimate of drug-likeness (QED) is 0.810. The van der Waals surface area contributed by atoms with Crippen LogP contribution in [0.15, 0.2) is 17.5 Å². The van der Waals surface area contributed by atoms with Gasteiger partial charge in [-0.1, -0.05) is 13.0 Å². The second kappa shape index (κ2) is 5.68. The lowest BCUT2D eigenvalue weighted by Crippen LogP contribution is -2.25. The molecule has 3 heteroatoms. The van der Waals surface area contributed by atoms with Gasteiger partial charge in [0.15, 0.2) is 0 Å². The third-order valence-electron chi connectivity index (χ3n) is 2.08. The van der Waals surface area contributed by atoms with E-state index in [1.165, 1.54) is 4.88 Å². The molecule has 2 atom stereocenters. The van der Waals surface area contributed by atoms with E-state index in [4.69, 9.17) is 0 Å². The Labute approximate surface area is 88.9 Å². The standard InChI is InChI=1S/C10H17NS2/c1-8(12-3)7-11-9(2)10-5-4-6-13-10/h4-6,8-9,11H,7H2,1-3H3. The van der Waals surface area contributed by atoms with Gasteiger partial charge in [0, 0.05) is 22.7 Å². The third kappa shape index (κ3) is 3.71. The average molecular weight is 215 g/mol. The summed E-state index contributed by atoms with van der Waals surface area (Å²) < 4.78 is 0. The van der Waals surface area contributed by atoms with E-state index in [0.29, 0.717) is 11.3 Å². The van der Waals surface area contributed by atoms with Crippen LogP contribution in [0.1, 0.15) is 24.8 Å². The molecule has 0 saturated heterocycles. The van der Waals surface area contributed by atoms with Gasteiger partial charge in [-0.25, -0.2) is 0 Å². The summed E-state index contributed by atoms with van der Waals surface area (Å²) in [6, 6.07) is 4.79. The van der Waals surface area contributed by atoms with E-state index >= 15 is 0 Å². The van der Waals surface area contributed by atoms with E-state index < -0.39 is 0 Å². The van der Waals surface area contributed by atoms with Gasteiger partial charge in [0.2, 0.25) is 0 Å². The molecule has 1 rings (SSSR count). The van der Waals surface area contributed by atoms with E-state index in [2.05, 4.69) is 42.9 Å². The van der Waals surface area contributed by atoms with Crippen LogP contribution in [0.4, 0.5) is 0 Å². The fourth-order valence-electron chi connectivity index (χ4n) is 1.06. The molecular formula is C10H17NS2. The number of nitrogens with one attached hydrogen (secondary N) is 1. The lowest BCUT2D eigenvalue weighted by molar-refractivity contribution is 0.584. The first kappa shape index (κ1) is 11.1. The Morgan fingerprint density at radius 3 is 2.85 bits per heavy atom. The summed E-state index contributed by atoms with van der Waals surface area (Å²) in [6.07, 6.45) is 2.15. The van der Waals surface area contributed by atoms with Crippen LogP contribution in [0.25, 0.3) is 0 Å². The second-order valence-electron chi connectivity index (χ2n) is 3.19. The lowest BCUT2D eigenvalue weighted by Gasteiger charge is -2.15. The van der Waals surface area contributed by atoms with Crippen LogP contribution in [0.2, 0.25) is 0 Å². The van der Waals surface area contributed by atoms with Crippen molar-refractivity contribution < 1.29 is 0 Å². The zero-order valence-corrected chi connectivity index (χ0v) is 10.0. The van der Waals surface area contributed by atoms with Gasteiger partial charge >= 0.3 is 0 Å². The van der Waals surface area contributed by atoms with Gasteiger partial charge in [0.25, 0.3) is 0 Å². The van der Waals surface area contributed by atoms with Crippen molar-refractivity contribution in [1.29, 1.82) is 0 Å². The van der Waals surface area contributed by atoms with E-state index in [1.807, 2.05) is 23.1 Å². The van der Waals surface area contributed by atoms with Gasteiger partial charge in [0.1, 0.15) is 0 Å². The maximum atomic E-state index is 3.53. The van der Waals surface area contributed by atoms with Crippen LogP contribution in [0.3, 0.4) is 0 Å². The Balaban J connectivity index is 2.30. The normalized spacial score (nSPS) is 15.6. The molecule has 0 bridgehead atoms. The highest BCUT2D eigenvalue weighted by atomic mass is 32.2. The van der Waals surface area contributed by atoms with Crippen LogP contribution < -0.4 is 5.32 Å². The highest BCUT2D eigenvalue weighted by Gasteiger charge is 2.06. The van der Waals surface area contributed by atoms with Crippen molar-refractivity contribution in [3.63, 3.8) is 0 Å². The average Bonchev–Trinajstić information content (AvgIpc) is 2.66. The molecule has 0 radical (unpaired) electrons. The summed E-state index contributed by atoms with van der Waals surface area (Å²) in [7, 11) is 0. The van der Waals surface area contributed by atoms with Crippen molar-refractivity contribution in [2.75, 3.05) is 12.8 Å². The maximum absolute atomic E-state index is 3.53. The summed E-state index contributed by atoms with van der Waals surface area (Å²) in [5.74, 6) is 0. The molecule has 0 fully saturated rings. The van der Waals surface area contributed by atoms with Crippen molar-refractivity contribution in [3.05, 3.63) is 22.4 Å². The molecule has 74 valence electrons. The maximum Gasteiger partial charge on any atom is 0.0386 e. The van der Waals surface area contributed by atoms with Crippen molar-refractivity contribution in [1.82, 2.24) is 5.32 Å². The predicted octanol–water partition coefficient (Wildman–Crippen LogP) is 3.15. The Morgan fingerprint density at radius 2 is 2.31 bits per heavy atom. The second-order valence-corrected chi connectivity index (χ2v) is 5.45. The molecule has 0 aliphatic heterocycles. The summed E-state index contributed by atoms with van der Waals surface area (Å²) in [5, 5.41) is 6.35. The molecule has 0 aromatic carbocycles. The summed E-state index contributed by atoms with van der Waals surface area (Å²) in [5.41, 5.74) is 0. The van der Waals surface area contributed by atoms with Crippen molar-refractivity contribution in [2.24, 2.45) is 0 Å². The Hall–Kier alpha value is 0.01000. The SMILES string of the molecule is CSC(C)CNC(C)c1cccs1. The number of rotatable bonds is 5. The molecule has 1 N–H and O–H groups in total. The van der Waals surface area contributed by atoms with E-state index in [-0.39, 0.29) is 0 Å². The van der Waals surface area contributed by atoms with E-state index in [9.17, 15) is 0 Å². The molecule has 0 aliphatic carbocycles. The van der Waals surface area contributed by atoms with Gasteiger partial charge in [-0.15, -0.1) is 11.3 Å². The third-order valence-corrected chi connectivity index (χ3v) is 4.11. The smallest absolute Gasteiger partial charge is 0.0386 e.